The Morgan fingerprint density at radius 2 is 1.87 bits per heavy atom. The maximum absolute atomic E-state index is 13.2. The van der Waals surface area contributed by atoms with Crippen LogP contribution in [0.2, 0.25) is 0 Å². The van der Waals surface area contributed by atoms with Crippen molar-refractivity contribution in [2.75, 3.05) is 25.0 Å². The summed E-state index contributed by atoms with van der Waals surface area (Å²) < 4.78 is 7.71. The van der Waals surface area contributed by atoms with Gasteiger partial charge in [0.1, 0.15) is 17.1 Å². The van der Waals surface area contributed by atoms with Gasteiger partial charge in [-0.2, -0.15) is 5.10 Å². The number of para-hydroxylation sites is 1. The molecule has 0 spiro atoms. The highest BCUT2D eigenvalue weighted by molar-refractivity contribution is 5.96. The smallest absolute Gasteiger partial charge is 0.277 e. The molecule has 0 radical (unpaired) electrons. The molecule has 0 bridgehead atoms. The number of benzene rings is 2. The minimum Gasteiger partial charge on any atom is -0.493 e. The van der Waals surface area contributed by atoms with Crippen molar-refractivity contribution >= 4 is 28.4 Å². The molecule has 1 aliphatic rings. The van der Waals surface area contributed by atoms with Crippen LogP contribution in [-0.4, -0.2) is 50.3 Å². The molecule has 0 aliphatic carbocycles. The summed E-state index contributed by atoms with van der Waals surface area (Å²) in [6.45, 7) is 6.64. The van der Waals surface area contributed by atoms with Crippen LogP contribution in [0.3, 0.4) is 0 Å². The lowest BCUT2D eigenvalue weighted by atomic mass is 10.1. The Morgan fingerprint density at radius 3 is 2.62 bits per heavy atom. The van der Waals surface area contributed by atoms with Crippen LogP contribution >= 0.6 is 0 Å². The highest BCUT2D eigenvalue weighted by Crippen LogP contribution is 2.32. The van der Waals surface area contributed by atoms with Gasteiger partial charge in [-0.25, -0.2) is 9.98 Å². The second-order valence-electron chi connectivity index (χ2n) is 9.94. The van der Waals surface area contributed by atoms with E-state index in [4.69, 9.17) is 14.7 Å². The van der Waals surface area contributed by atoms with Crippen molar-refractivity contribution in [3.63, 3.8) is 0 Å². The quantitative estimate of drug-likeness (QED) is 0.227. The molecule has 2 aromatic carbocycles. The molecule has 0 amide bonds. The van der Waals surface area contributed by atoms with Gasteiger partial charge in [0, 0.05) is 25.8 Å². The third-order valence-corrected chi connectivity index (χ3v) is 6.85. The van der Waals surface area contributed by atoms with Gasteiger partial charge in [-0.1, -0.05) is 38.5 Å². The summed E-state index contributed by atoms with van der Waals surface area (Å²) in [4.78, 5) is 28.3. The van der Waals surface area contributed by atoms with E-state index in [2.05, 4.69) is 34.1 Å². The van der Waals surface area contributed by atoms with Crippen LogP contribution in [0.25, 0.3) is 22.4 Å². The Hall–Kier alpha value is -4.14. The van der Waals surface area contributed by atoms with Gasteiger partial charge in [0.25, 0.3) is 5.56 Å². The van der Waals surface area contributed by atoms with Crippen LogP contribution in [0, 0.1) is 0 Å². The summed E-state index contributed by atoms with van der Waals surface area (Å²) in [5, 5.41) is 8.13. The molecule has 1 saturated heterocycles. The number of aliphatic imine (C=N–C) groups is 1. The first-order valence-electron chi connectivity index (χ1n) is 14.0. The number of anilines is 1. The molecule has 9 heteroatoms. The van der Waals surface area contributed by atoms with Crippen LogP contribution in [0.5, 0.6) is 5.75 Å². The van der Waals surface area contributed by atoms with Crippen molar-refractivity contribution in [3.05, 3.63) is 64.6 Å². The molecule has 3 heterocycles. The molecule has 1 fully saturated rings. The monoisotopic (exact) mass is 527 g/mol. The van der Waals surface area contributed by atoms with Gasteiger partial charge >= 0.3 is 0 Å². The maximum atomic E-state index is 13.2. The van der Waals surface area contributed by atoms with Crippen LogP contribution in [0.1, 0.15) is 51.6 Å². The van der Waals surface area contributed by atoms with E-state index >= 15 is 0 Å². The van der Waals surface area contributed by atoms with Crippen molar-refractivity contribution in [2.45, 2.75) is 52.4 Å². The average Bonchev–Trinajstić information content (AvgIpc) is 3.28. The van der Waals surface area contributed by atoms with Crippen LogP contribution in [-0.2, 0) is 13.5 Å². The Morgan fingerprint density at radius 1 is 1.08 bits per heavy atom. The van der Waals surface area contributed by atoms with E-state index < -0.39 is 0 Å². The van der Waals surface area contributed by atoms with Crippen molar-refractivity contribution in [1.29, 1.82) is 0 Å². The molecule has 0 saturated carbocycles. The number of piperidine rings is 1. The number of H-pyrrole nitrogens is 1. The summed E-state index contributed by atoms with van der Waals surface area (Å²) in [7, 11) is 1.78. The van der Waals surface area contributed by atoms with E-state index in [1.807, 2.05) is 48.5 Å². The highest BCUT2D eigenvalue weighted by atomic mass is 16.5. The zero-order valence-corrected chi connectivity index (χ0v) is 23.0. The third kappa shape index (κ3) is 5.97. The summed E-state index contributed by atoms with van der Waals surface area (Å²) >= 11 is 0. The minimum atomic E-state index is -0.216. The fourth-order valence-corrected chi connectivity index (χ4v) is 4.95. The van der Waals surface area contributed by atoms with Gasteiger partial charge in [0.05, 0.1) is 23.6 Å². The summed E-state index contributed by atoms with van der Waals surface area (Å²) in [5.41, 5.74) is 4.19. The summed E-state index contributed by atoms with van der Waals surface area (Å²) in [6, 6.07) is 15.9. The van der Waals surface area contributed by atoms with Gasteiger partial charge in [0.15, 0.2) is 5.52 Å². The highest BCUT2D eigenvalue weighted by Gasteiger charge is 2.20. The molecule has 2 N–H and O–H groups in total. The van der Waals surface area contributed by atoms with E-state index in [0.717, 1.165) is 73.8 Å². The summed E-state index contributed by atoms with van der Waals surface area (Å²) in [5.74, 6) is 1.95. The fraction of sp³-hybridized carbons (Fsp3) is 0.400. The lowest BCUT2D eigenvalue weighted by Gasteiger charge is -2.30. The second-order valence-corrected chi connectivity index (χ2v) is 9.94. The van der Waals surface area contributed by atoms with E-state index in [-0.39, 0.29) is 5.56 Å². The molecule has 0 atom stereocenters. The minimum absolute atomic E-state index is 0.216. The molecular formula is C30H37N7O2. The number of guanidine groups is 1. The number of nitrogens with one attached hydrogen (secondary N) is 2. The zero-order chi connectivity index (χ0) is 27.2. The van der Waals surface area contributed by atoms with E-state index in [1.54, 1.807) is 11.7 Å². The number of aromatic nitrogens is 4. The first-order chi connectivity index (χ1) is 19.1. The van der Waals surface area contributed by atoms with E-state index in [9.17, 15) is 4.79 Å². The maximum Gasteiger partial charge on any atom is 0.277 e. The predicted octanol–water partition coefficient (Wildman–Crippen LogP) is 5.65. The van der Waals surface area contributed by atoms with Gasteiger partial charge in [-0.3, -0.25) is 9.48 Å². The Bertz CT molecular complexity index is 1500. The van der Waals surface area contributed by atoms with Crippen LogP contribution < -0.4 is 15.6 Å². The standard InChI is InChI=1S/C30H37N7O2/c1-4-12-24-26-27(36(3)35-24)29(38)34-28(33-26)23-20-22(15-16-25(23)39-19-5-2)32-30(37-17-10-7-11-18-37)31-21-13-8-6-9-14-21/h6,8-9,13-16,20H,4-5,7,10-12,17-19H2,1-3H3,(H,31,32)(H,33,34,38). The molecule has 9 nitrogen and oxygen atoms in total. The molecule has 5 rings (SSSR count). The SMILES string of the molecule is CCCOc1ccc(NC(=Nc2ccccc2)N2CCCCC2)cc1-c1nc2c(CCC)nn(C)c2c(=O)[nH]1. The molecule has 2 aromatic heterocycles. The lowest BCUT2D eigenvalue weighted by molar-refractivity contribution is 0.318. The van der Waals surface area contributed by atoms with Gasteiger partial charge < -0.3 is 19.9 Å². The number of nitrogens with zero attached hydrogens (tertiary/aromatic N) is 5. The average molecular weight is 528 g/mol. The first-order valence-corrected chi connectivity index (χ1v) is 14.0. The number of fused-ring (bicyclic) bond motifs is 1. The van der Waals surface area contributed by atoms with E-state index in [0.29, 0.717) is 29.2 Å². The van der Waals surface area contributed by atoms with Crippen molar-refractivity contribution in [2.24, 2.45) is 12.0 Å². The molecule has 0 unspecified atom stereocenters. The number of rotatable bonds is 8. The number of ether oxygens (including phenoxy) is 1. The number of likely N-dealkylation sites (tertiary alicyclic amines) is 1. The van der Waals surface area contributed by atoms with Gasteiger partial charge in [0.2, 0.25) is 5.96 Å². The Balaban J connectivity index is 1.58. The summed E-state index contributed by atoms with van der Waals surface area (Å²) in [6.07, 6.45) is 6.05. The van der Waals surface area contributed by atoms with E-state index in [1.165, 1.54) is 6.42 Å². The normalized spacial score (nSPS) is 14.1. The topological polar surface area (TPSA) is 100 Å². The van der Waals surface area contributed by atoms with Gasteiger partial charge in [-0.05, 0) is 62.4 Å². The number of aryl methyl sites for hydroxylation is 2. The number of aromatic amines is 1. The molecule has 4 aromatic rings. The molecular weight excluding hydrogens is 490 g/mol. The van der Waals surface area contributed by atoms with Crippen molar-refractivity contribution < 1.29 is 4.74 Å². The second kappa shape index (κ2) is 12.1. The Labute approximate surface area is 228 Å². The first kappa shape index (κ1) is 26.5. The van der Waals surface area contributed by atoms with Crippen molar-refractivity contribution in [1.82, 2.24) is 24.6 Å². The number of hydrogen-bond acceptors (Lipinski definition) is 5. The Kier molecular flexibility index (Phi) is 8.24. The number of hydrogen-bond donors (Lipinski definition) is 2. The van der Waals surface area contributed by atoms with Crippen LogP contribution in [0.4, 0.5) is 11.4 Å². The van der Waals surface area contributed by atoms with Crippen molar-refractivity contribution in [3.8, 4) is 17.1 Å². The van der Waals surface area contributed by atoms with Crippen LogP contribution in [0.15, 0.2) is 58.3 Å². The fourth-order valence-electron chi connectivity index (χ4n) is 4.95. The molecule has 1 aliphatic heterocycles. The largest absolute Gasteiger partial charge is 0.493 e. The third-order valence-electron chi connectivity index (χ3n) is 6.85. The molecule has 39 heavy (non-hydrogen) atoms. The predicted molar refractivity (Wildman–Crippen MR) is 157 cm³/mol. The van der Waals surface area contributed by atoms with Gasteiger partial charge in [-0.15, -0.1) is 0 Å². The lowest BCUT2D eigenvalue weighted by Crippen LogP contribution is -2.39. The molecule has 204 valence electrons. The zero-order valence-electron chi connectivity index (χ0n) is 23.0.